The molecule has 4 aromatic rings. The molecule has 5 rings (SSSR count). The van der Waals surface area contributed by atoms with Crippen LogP contribution in [0.1, 0.15) is 42.3 Å². The molecule has 1 N–H and O–H groups in total. The van der Waals surface area contributed by atoms with Crippen molar-refractivity contribution in [2.45, 2.75) is 45.6 Å². The summed E-state index contributed by atoms with van der Waals surface area (Å²) in [5.74, 6) is 0.854. The van der Waals surface area contributed by atoms with Crippen molar-refractivity contribution < 1.29 is 18.3 Å². The van der Waals surface area contributed by atoms with Crippen LogP contribution in [0.4, 0.5) is 25.8 Å². The summed E-state index contributed by atoms with van der Waals surface area (Å²) in [6, 6.07) is 7.22. The molecule has 4 heterocycles. The Hall–Kier alpha value is -4.39. The minimum Gasteiger partial charge on any atom is -0.494 e. The first kappa shape index (κ1) is 27.2. The molecule has 3 aromatic heterocycles. The van der Waals surface area contributed by atoms with Crippen LogP contribution in [0, 0.1) is 6.92 Å². The van der Waals surface area contributed by atoms with Gasteiger partial charge in [-0.15, -0.1) is 10.2 Å². The van der Waals surface area contributed by atoms with Crippen LogP contribution in [0.2, 0.25) is 0 Å². The number of alkyl halides is 2. The zero-order valence-electron chi connectivity index (χ0n) is 23.0. The fourth-order valence-electron chi connectivity index (χ4n) is 4.62. The van der Waals surface area contributed by atoms with E-state index in [0.29, 0.717) is 57.7 Å². The van der Waals surface area contributed by atoms with Crippen molar-refractivity contribution in [1.82, 2.24) is 35.2 Å². The van der Waals surface area contributed by atoms with Gasteiger partial charge in [-0.2, -0.15) is 4.80 Å². The average Bonchev–Trinajstić information content (AvgIpc) is 3.55. The monoisotopic (exact) mass is 549 g/mol. The maximum atomic E-state index is 13.6. The van der Waals surface area contributed by atoms with E-state index < -0.39 is 12.0 Å². The van der Waals surface area contributed by atoms with Crippen LogP contribution >= 0.6 is 0 Å². The standard InChI is InChI=1S/C27H29F2N9O2/c1-14-24(27(2,3)40-6)30-13-16(31-14)10-15-11-19(22-20(32-15)12-21(34-22)25(28)29)33-18-9-7-8-17(23(18)39-5)26-35-37-38(4)36-26/h7-9,11,13,25H,10,12H2,1-6H3,(H,32,33). The molecule has 0 atom stereocenters. The molecule has 1 aliphatic rings. The number of nitrogens with one attached hydrogen (secondary N) is 1. The molecule has 0 spiro atoms. The highest BCUT2D eigenvalue weighted by atomic mass is 19.3. The van der Waals surface area contributed by atoms with E-state index in [9.17, 15) is 8.78 Å². The van der Waals surface area contributed by atoms with Gasteiger partial charge in [0.15, 0.2) is 5.75 Å². The SMILES string of the molecule is COc1c(Nc2cc(Cc3cnc(C(C)(C)OC)c(C)n3)nc3c2N=C(C(F)F)C3)cccc1-c1nnn(C)n1. The van der Waals surface area contributed by atoms with E-state index in [1.807, 2.05) is 39.0 Å². The molecule has 1 aromatic carbocycles. The minimum atomic E-state index is -2.68. The van der Waals surface area contributed by atoms with E-state index >= 15 is 0 Å². The Labute approximate surface area is 229 Å². The third-order valence-electron chi connectivity index (χ3n) is 6.65. The van der Waals surface area contributed by atoms with Crippen LogP contribution in [0.3, 0.4) is 0 Å². The Morgan fingerprint density at radius 2 is 1.93 bits per heavy atom. The Kier molecular flexibility index (Phi) is 7.23. The first-order valence-corrected chi connectivity index (χ1v) is 12.5. The minimum absolute atomic E-state index is 0.0398. The lowest BCUT2D eigenvalue weighted by molar-refractivity contribution is 0.0145. The summed E-state index contributed by atoms with van der Waals surface area (Å²) in [6.07, 6.45) is -0.695. The normalized spacial score (nSPS) is 13.0. The molecule has 0 radical (unpaired) electrons. The second kappa shape index (κ2) is 10.6. The van der Waals surface area contributed by atoms with Gasteiger partial charge in [-0.3, -0.25) is 15.0 Å². The number of nitrogens with zero attached hydrogens (tertiary/aromatic N) is 8. The Balaban J connectivity index is 1.53. The molecule has 11 nitrogen and oxygen atoms in total. The molecule has 208 valence electrons. The fourth-order valence-corrected chi connectivity index (χ4v) is 4.62. The molecule has 40 heavy (non-hydrogen) atoms. The van der Waals surface area contributed by atoms with Gasteiger partial charge in [0.05, 0.1) is 59.6 Å². The van der Waals surface area contributed by atoms with Crippen LogP contribution < -0.4 is 10.1 Å². The molecule has 13 heteroatoms. The number of halogens is 2. The number of tetrazole rings is 1. The van der Waals surface area contributed by atoms with Gasteiger partial charge in [0.2, 0.25) is 5.82 Å². The van der Waals surface area contributed by atoms with Crippen LogP contribution in [0.15, 0.2) is 35.5 Å². The van der Waals surface area contributed by atoms with Crippen molar-refractivity contribution in [2.75, 3.05) is 19.5 Å². The highest BCUT2D eigenvalue weighted by Gasteiger charge is 2.28. The molecule has 0 saturated heterocycles. The van der Waals surface area contributed by atoms with Crippen LogP contribution in [-0.4, -0.2) is 61.5 Å². The van der Waals surface area contributed by atoms with Gasteiger partial charge in [0, 0.05) is 31.8 Å². The van der Waals surface area contributed by atoms with Crippen molar-refractivity contribution in [3.63, 3.8) is 0 Å². The Morgan fingerprint density at radius 1 is 1.12 bits per heavy atom. The predicted molar refractivity (Wildman–Crippen MR) is 145 cm³/mol. The summed E-state index contributed by atoms with van der Waals surface area (Å²) >= 11 is 0. The summed E-state index contributed by atoms with van der Waals surface area (Å²) < 4.78 is 38.5. The zero-order chi connectivity index (χ0) is 28.6. The third kappa shape index (κ3) is 5.24. The van der Waals surface area contributed by atoms with Gasteiger partial charge < -0.3 is 14.8 Å². The maximum Gasteiger partial charge on any atom is 0.277 e. The number of fused-ring (bicyclic) bond motifs is 1. The van der Waals surface area contributed by atoms with Crippen molar-refractivity contribution in [1.29, 1.82) is 0 Å². The number of pyridine rings is 1. The number of hydrogen-bond donors (Lipinski definition) is 1. The van der Waals surface area contributed by atoms with Crippen LogP contribution in [0.25, 0.3) is 11.4 Å². The summed E-state index contributed by atoms with van der Waals surface area (Å²) in [7, 11) is 4.83. The number of hydrogen-bond acceptors (Lipinski definition) is 10. The van der Waals surface area contributed by atoms with E-state index in [1.165, 1.54) is 11.9 Å². The van der Waals surface area contributed by atoms with Gasteiger partial charge in [0.1, 0.15) is 11.3 Å². The van der Waals surface area contributed by atoms with Crippen molar-refractivity contribution in [3.05, 3.63) is 58.9 Å². The third-order valence-corrected chi connectivity index (χ3v) is 6.65. The quantitative estimate of drug-likeness (QED) is 0.321. The van der Waals surface area contributed by atoms with Crippen LogP contribution in [0.5, 0.6) is 5.75 Å². The first-order chi connectivity index (χ1) is 19.1. The molecule has 0 fully saturated rings. The number of aliphatic imine (C=N–C) groups is 1. The van der Waals surface area contributed by atoms with E-state index in [1.54, 1.807) is 26.4 Å². The number of ether oxygens (including phenoxy) is 2. The molecule has 0 bridgehead atoms. The molecule has 0 saturated carbocycles. The number of anilines is 2. The number of aromatic nitrogens is 7. The molecule has 0 aliphatic carbocycles. The lowest BCUT2D eigenvalue weighted by atomic mass is 10.0. The van der Waals surface area contributed by atoms with Gasteiger partial charge in [0.25, 0.3) is 6.43 Å². The number of aryl methyl sites for hydroxylation is 2. The Morgan fingerprint density at radius 3 is 2.58 bits per heavy atom. The average molecular weight is 550 g/mol. The van der Waals surface area contributed by atoms with E-state index in [4.69, 9.17) is 14.5 Å². The number of methoxy groups -OCH3 is 2. The van der Waals surface area contributed by atoms with Gasteiger partial charge in [-0.05, 0) is 44.2 Å². The molecule has 0 amide bonds. The molecular formula is C27H29F2N9O2. The lowest BCUT2D eigenvalue weighted by Crippen LogP contribution is -2.23. The number of rotatable bonds is 9. The van der Waals surface area contributed by atoms with E-state index in [-0.39, 0.29) is 12.1 Å². The Bertz CT molecular complexity index is 1600. The zero-order valence-corrected chi connectivity index (χ0v) is 23.0. The second-order valence-electron chi connectivity index (χ2n) is 9.84. The predicted octanol–water partition coefficient (Wildman–Crippen LogP) is 4.49. The van der Waals surface area contributed by atoms with Crippen molar-refractivity contribution >= 4 is 22.8 Å². The highest BCUT2D eigenvalue weighted by Crippen LogP contribution is 2.41. The van der Waals surface area contributed by atoms with E-state index in [0.717, 1.165) is 11.4 Å². The van der Waals surface area contributed by atoms with Gasteiger partial charge in [-0.25, -0.2) is 13.8 Å². The fraction of sp³-hybridized carbons (Fsp3) is 0.370. The summed E-state index contributed by atoms with van der Waals surface area (Å²) in [5.41, 5.74) is 4.52. The second-order valence-corrected chi connectivity index (χ2v) is 9.84. The molecular weight excluding hydrogens is 520 g/mol. The smallest absolute Gasteiger partial charge is 0.277 e. The van der Waals surface area contributed by atoms with Crippen molar-refractivity contribution in [3.8, 4) is 17.1 Å². The molecule has 1 aliphatic heterocycles. The number of para-hydroxylation sites is 1. The maximum absolute atomic E-state index is 13.6. The summed E-state index contributed by atoms with van der Waals surface area (Å²) in [5, 5.41) is 15.6. The van der Waals surface area contributed by atoms with E-state index in [2.05, 4.69) is 35.7 Å². The molecule has 0 unspecified atom stereocenters. The van der Waals surface area contributed by atoms with Gasteiger partial charge in [-0.1, -0.05) is 6.07 Å². The highest BCUT2D eigenvalue weighted by molar-refractivity contribution is 5.98. The largest absolute Gasteiger partial charge is 0.494 e. The summed E-state index contributed by atoms with van der Waals surface area (Å²) in [4.78, 5) is 19.5. The lowest BCUT2D eigenvalue weighted by Gasteiger charge is -2.23. The van der Waals surface area contributed by atoms with Crippen LogP contribution in [-0.2, 0) is 30.2 Å². The van der Waals surface area contributed by atoms with Crippen molar-refractivity contribution in [2.24, 2.45) is 12.0 Å². The van der Waals surface area contributed by atoms with Gasteiger partial charge >= 0.3 is 0 Å². The topological polar surface area (TPSA) is 125 Å². The first-order valence-electron chi connectivity index (χ1n) is 12.5. The number of benzene rings is 1. The summed E-state index contributed by atoms with van der Waals surface area (Å²) in [6.45, 7) is 5.73.